The summed E-state index contributed by atoms with van der Waals surface area (Å²) in [6.45, 7) is 4.39. The van der Waals surface area contributed by atoms with Gasteiger partial charge in [-0.2, -0.15) is 15.0 Å². The monoisotopic (exact) mass is 332 g/mol. The highest BCUT2D eigenvalue weighted by molar-refractivity contribution is 5.76. The van der Waals surface area contributed by atoms with Crippen molar-refractivity contribution >= 4 is 17.8 Å². The van der Waals surface area contributed by atoms with Gasteiger partial charge in [0, 0.05) is 51.7 Å². The van der Waals surface area contributed by atoms with E-state index in [0.717, 1.165) is 51.4 Å². The standard InChI is InChI=1S/C16H24N6O2/c17-15-18-14(12-1-2-12)19-16(20-15)22-6-4-21(5-7-22)13(23)9-11-3-8-24-10-11/h11-12H,1-10H2,(H2,17,18,19,20)/t11-/m1/s1. The Balaban J connectivity index is 1.34. The maximum absolute atomic E-state index is 12.4. The summed E-state index contributed by atoms with van der Waals surface area (Å²) in [5, 5.41) is 0. The first-order valence-corrected chi connectivity index (χ1v) is 8.81. The fourth-order valence-electron chi connectivity index (χ4n) is 3.34. The van der Waals surface area contributed by atoms with Crippen LogP contribution in [0.25, 0.3) is 0 Å². The van der Waals surface area contributed by atoms with Crippen LogP contribution in [0, 0.1) is 5.92 Å². The van der Waals surface area contributed by atoms with Crippen molar-refractivity contribution in [3.8, 4) is 0 Å². The number of ether oxygens (including phenoxy) is 1. The van der Waals surface area contributed by atoms with E-state index in [1.54, 1.807) is 0 Å². The lowest BCUT2D eigenvalue weighted by Crippen LogP contribution is -2.49. The molecule has 8 heteroatoms. The number of carbonyl (C=O) groups is 1. The van der Waals surface area contributed by atoms with Crippen LogP contribution in [0.1, 0.15) is 37.4 Å². The highest BCUT2D eigenvalue weighted by Crippen LogP contribution is 2.38. The number of nitrogens with two attached hydrogens (primary N) is 1. The molecule has 3 heterocycles. The maximum atomic E-state index is 12.4. The lowest BCUT2D eigenvalue weighted by Gasteiger charge is -2.35. The molecule has 3 fully saturated rings. The van der Waals surface area contributed by atoms with E-state index in [1.165, 1.54) is 0 Å². The van der Waals surface area contributed by atoms with Crippen LogP contribution < -0.4 is 10.6 Å². The summed E-state index contributed by atoms with van der Waals surface area (Å²) in [4.78, 5) is 29.5. The predicted octanol–water partition coefficient (Wildman–Crippen LogP) is 0.406. The van der Waals surface area contributed by atoms with Crippen LogP contribution in [0.3, 0.4) is 0 Å². The first-order valence-electron chi connectivity index (χ1n) is 8.81. The third kappa shape index (κ3) is 3.43. The molecule has 0 aromatic carbocycles. The quantitative estimate of drug-likeness (QED) is 0.852. The second-order valence-electron chi connectivity index (χ2n) is 6.93. The number of amides is 1. The average Bonchev–Trinajstić information content (AvgIpc) is 3.33. The lowest BCUT2D eigenvalue weighted by atomic mass is 10.0. The largest absolute Gasteiger partial charge is 0.381 e. The number of hydrogen-bond acceptors (Lipinski definition) is 7. The molecule has 2 aliphatic heterocycles. The molecule has 8 nitrogen and oxygen atoms in total. The van der Waals surface area contributed by atoms with Gasteiger partial charge in [-0.05, 0) is 25.2 Å². The van der Waals surface area contributed by atoms with Crippen LogP contribution in [0.15, 0.2) is 0 Å². The van der Waals surface area contributed by atoms with Crippen LogP contribution in [0.5, 0.6) is 0 Å². The van der Waals surface area contributed by atoms with Crippen molar-refractivity contribution in [2.75, 3.05) is 50.0 Å². The molecule has 1 aromatic rings. The van der Waals surface area contributed by atoms with Crippen LogP contribution in [-0.2, 0) is 9.53 Å². The molecule has 2 saturated heterocycles. The minimum atomic E-state index is 0.235. The smallest absolute Gasteiger partial charge is 0.230 e. The molecule has 0 spiro atoms. The van der Waals surface area contributed by atoms with E-state index in [4.69, 9.17) is 10.5 Å². The van der Waals surface area contributed by atoms with Crippen LogP contribution in [0.4, 0.5) is 11.9 Å². The molecule has 0 unspecified atom stereocenters. The topological polar surface area (TPSA) is 97.5 Å². The summed E-state index contributed by atoms with van der Waals surface area (Å²) in [6.07, 6.45) is 3.87. The normalized spacial score (nSPS) is 24.4. The van der Waals surface area contributed by atoms with Crippen molar-refractivity contribution in [3.63, 3.8) is 0 Å². The van der Waals surface area contributed by atoms with Crippen molar-refractivity contribution in [3.05, 3.63) is 5.82 Å². The van der Waals surface area contributed by atoms with Gasteiger partial charge in [0.15, 0.2) is 0 Å². The lowest BCUT2D eigenvalue weighted by molar-refractivity contribution is -0.132. The highest BCUT2D eigenvalue weighted by Gasteiger charge is 2.30. The van der Waals surface area contributed by atoms with Crippen molar-refractivity contribution in [2.45, 2.75) is 31.6 Å². The number of nitrogens with zero attached hydrogens (tertiary/aromatic N) is 5. The third-order valence-corrected chi connectivity index (χ3v) is 5.00. The Kier molecular flexibility index (Phi) is 4.22. The van der Waals surface area contributed by atoms with Crippen LogP contribution in [0.2, 0.25) is 0 Å². The average molecular weight is 332 g/mol. The molecule has 130 valence electrons. The van der Waals surface area contributed by atoms with Gasteiger partial charge in [-0.1, -0.05) is 0 Å². The van der Waals surface area contributed by atoms with E-state index < -0.39 is 0 Å². The van der Waals surface area contributed by atoms with Gasteiger partial charge in [0.05, 0.1) is 0 Å². The summed E-state index contributed by atoms with van der Waals surface area (Å²) < 4.78 is 5.35. The summed E-state index contributed by atoms with van der Waals surface area (Å²) in [5.74, 6) is 2.84. The van der Waals surface area contributed by atoms with Crippen molar-refractivity contribution in [1.29, 1.82) is 0 Å². The molecule has 1 atom stereocenters. The first-order chi connectivity index (χ1) is 11.7. The Morgan fingerprint density at radius 2 is 1.92 bits per heavy atom. The molecule has 1 saturated carbocycles. The van der Waals surface area contributed by atoms with Crippen LogP contribution >= 0.6 is 0 Å². The second-order valence-corrected chi connectivity index (χ2v) is 6.93. The van der Waals surface area contributed by atoms with Gasteiger partial charge in [0.1, 0.15) is 5.82 Å². The Bertz CT molecular complexity index is 607. The van der Waals surface area contributed by atoms with Crippen LogP contribution in [-0.4, -0.2) is 65.2 Å². The van der Waals surface area contributed by atoms with Gasteiger partial charge in [-0.25, -0.2) is 0 Å². The van der Waals surface area contributed by atoms with E-state index in [-0.39, 0.29) is 5.91 Å². The number of piperazine rings is 1. The van der Waals surface area contributed by atoms with Gasteiger partial charge in [-0.15, -0.1) is 0 Å². The fraction of sp³-hybridized carbons (Fsp3) is 0.750. The molecule has 24 heavy (non-hydrogen) atoms. The first kappa shape index (κ1) is 15.6. The summed E-state index contributed by atoms with van der Waals surface area (Å²) >= 11 is 0. The van der Waals surface area contributed by atoms with Gasteiger partial charge >= 0.3 is 0 Å². The van der Waals surface area contributed by atoms with Crippen molar-refractivity contribution in [2.24, 2.45) is 5.92 Å². The van der Waals surface area contributed by atoms with E-state index in [9.17, 15) is 4.79 Å². The molecule has 0 radical (unpaired) electrons. The predicted molar refractivity (Wildman–Crippen MR) is 88.6 cm³/mol. The summed E-state index contributed by atoms with van der Waals surface area (Å²) in [7, 11) is 0. The zero-order valence-corrected chi connectivity index (χ0v) is 13.9. The van der Waals surface area contributed by atoms with Gasteiger partial charge in [0.2, 0.25) is 17.8 Å². The van der Waals surface area contributed by atoms with E-state index in [1.807, 2.05) is 4.90 Å². The number of carbonyl (C=O) groups excluding carboxylic acids is 1. The summed E-state index contributed by atoms with van der Waals surface area (Å²) in [6, 6.07) is 0. The van der Waals surface area contributed by atoms with E-state index in [2.05, 4.69) is 19.9 Å². The Morgan fingerprint density at radius 3 is 2.58 bits per heavy atom. The SMILES string of the molecule is Nc1nc(C2CC2)nc(N2CCN(C(=O)C[C@H]3CCOC3)CC2)n1. The van der Waals surface area contributed by atoms with Gasteiger partial charge in [-0.3, -0.25) is 4.79 Å². The number of aromatic nitrogens is 3. The van der Waals surface area contributed by atoms with E-state index >= 15 is 0 Å². The number of anilines is 2. The zero-order valence-electron chi connectivity index (χ0n) is 13.9. The molecule has 1 aliphatic carbocycles. The Labute approximate surface area is 141 Å². The zero-order chi connectivity index (χ0) is 16.5. The molecular formula is C16H24N6O2. The third-order valence-electron chi connectivity index (χ3n) is 5.00. The summed E-state index contributed by atoms with van der Waals surface area (Å²) in [5.41, 5.74) is 5.83. The number of hydrogen-bond donors (Lipinski definition) is 1. The fourth-order valence-corrected chi connectivity index (χ4v) is 3.34. The van der Waals surface area contributed by atoms with E-state index in [0.29, 0.717) is 43.2 Å². The number of rotatable bonds is 4. The van der Waals surface area contributed by atoms with Crippen molar-refractivity contribution in [1.82, 2.24) is 19.9 Å². The molecule has 3 aliphatic rings. The number of nitrogen functional groups attached to an aromatic ring is 1. The maximum Gasteiger partial charge on any atom is 0.230 e. The minimum absolute atomic E-state index is 0.235. The Morgan fingerprint density at radius 1 is 1.12 bits per heavy atom. The minimum Gasteiger partial charge on any atom is -0.381 e. The molecule has 0 bridgehead atoms. The van der Waals surface area contributed by atoms with Gasteiger partial charge < -0.3 is 20.3 Å². The molecule has 2 N–H and O–H groups in total. The molecule has 1 aromatic heterocycles. The Hall–Kier alpha value is -1.96. The molecule has 1 amide bonds. The van der Waals surface area contributed by atoms with Crippen molar-refractivity contribution < 1.29 is 9.53 Å². The molecular weight excluding hydrogens is 308 g/mol. The highest BCUT2D eigenvalue weighted by atomic mass is 16.5. The second kappa shape index (κ2) is 6.51. The molecule has 4 rings (SSSR count). The van der Waals surface area contributed by atoms with Gasteiger partial charge in [0.25, 0.3) is 0 Å².